The Labute approximate surface area is 125 Å². The Bertz CT molecular complexity index is 647. The minimum absolute atomic E-state index is 0.418. The van der Waals surface area contributed by atoms with Crippen LogP contribution in [0.5, 0.6) is 5.75 Å². The molecule has 2 rings (SSSR count). The summed E-state index contributed by atoms with van der Waals surface area (Å²) in [5, 5.41) is 9.57. The molecule has 3 nitrogen and oxygen atoms in total. The number of para-hydroxylation sites is 1. The second kappa shape index (κ2) is 6.44. The van der Waals surface area contributed by atoms with Crippen LogP contribution in [-0.4, -0.2) is 18.2 Å². The van der Waals surface area contributed by atoms with Gasteiger partial charge in [0.2, 0.25) is 0 Å². The van der Waals surface area contributed by atoms with Crippen molar-refractivity contribution in [2.45, 2.75) is 26.2 Å². The monoisotopic (exact) mass is 284 g/mol. The molecule has 1 atom stereocenters. The molecule has 1 N–H and O–H groups in total. The smallest absolute Gasteiger partial charge is 0.311 e. The number of aryl methyl sites for hydroxylation is 2. The van der Waals surface area contributed by atoms with E-state index in [1.807, 2.05) is 56.3 Å². The summed E-state index contributed by atoms with van der Waals surface area (Å²) in [6, 6.07) is 13.4. The van der Waals surface area contributed by atoms with Gasteiger partial charge in [0.05, 0.1) is 13.0 Å². The average molecular weight is 284 g/mol. The maximum Gasteiger partial charge on any atom is 0.311 e. The van der Waals surface area contributed by atoms with Crippen LogP contribution < -0.4 is 4.74 Å². The lowest BCUT2D eigenvalue weighted by atomic mass is 9.90. The summed E-state index contributed by atoms with van der Waals surface area (Å²) in [7, 11) is 1.60. The fraction of sp³-hybridized carbons (Fsp3) is 0.278. The number of benzene rings is 2. The van der Waals surface area contributed by atoms with E-state index in [1.54, 1.807) is 7.11 Å². The van der Waals surface area contributed by atoms with Crippen LogP contribution in [0.2, 0.25) is 0 Å². The fourth-order valence-electron chi connectivity index (χ4n) is 2.42. The molecule has 0 aliphatic carbocycles. The van der Waals surface area contributed by atoms with Gasteiger partial charge >= 0.3 is 5.97 Å². The summed E-state index contributed by atoms with van der Waals surface area (Å²) in [4.78, 5) is 11.7. The third-order valence-corrected chi connectivity index (χ3v) is 3.85. The molecule has 1 unspecified atom stereocenters. The quantitative estimate of drug-likeness (QED) is 0.910. The second-order valence-corrected chi connectivity index (χ2v) is 5.25. The van der Waals surface area contributed by atoms with Crippen LogP contribution >= 0.6 is 0 Å². The summed E-state index contributed by atoms with van der Waals surface area (Å²) in [5.74, 6) is -0.655. The first-order chi connectivity index (χ1) is 10.0. The Balaban J connectivity index is 2.35. The average Bonchev–Trinajstić information content (AvgIpc) is 2.48. The zero-order valence-corrected chi connectivity index (χ0v) is 12.6. The molecular weight excluding hydrogens is 264 g/mol. The van der Waals surface area contributed by atoms with Crippen LogP contribution in [0.15, 0.2) is 42.5 Å². The maximum atomic E-state index is 11.7. The van der Waals surface area contributed by atoms with Crippen molar-refractivity contribution in [3.05, 3.63) is 64.7 Å². The van der Waals surface area contributed by atoms with Gasteiger partial charge in [-0.15, -0.1) is 0 Å². The second-order valence-electron chi connectivity index (χ2n) is 5.25. The Morgan fingerprint density at radius 3 is 2.48 bits per heavy atom. The van der Waals surface area contributed by atoms with E-state index < -0.39 is 11.9 Å². The minimum Gasteiger partial charge on any atom is -0.496 e. The lowest BCUT2D eigenvalue weighted by Gasteiger charge is -2.16. The molecule has 2 aromatic rings. The molecule has 0 amide bonds. The van der Waals surface area contributed by atoms with Gasteiger partial charge in [0, 0.05) is 0 Å². The highest BCUT2D eigenvalue weighted by Crippen LogP contribution is 2.27. The molecule has 0 fully saturated rings. The lowest BCUT2D eigenvalue weighted by molar-refractivity contribution is -0.138. The molecule has 0 spiro atoms. The van der Waals surface area contributed by atoms with E-state index in [2.05, 4.69) is 0 Å². The van der Waals surface area contributed by atoms with E-state index in [-0.39, 0.29) is 0 Å². The molecule has 3 heteroatoms. The number of hydrogen-bond acceptors (Lipinski definition) is 2. The molecule has 0 saturated heterocycles. The molecule has 21 heavy (non-hydrogen) atoms. The van der Waals surface area contributed by atoms with Gasteiger partial charge in [-0.25, -0.2) is 0 Å². The van der Waals surface area contributed by atoms with Gasteiger partial charge < -0.3 is 9.84 Å². The van der Waals surface area contributed by atoms with Crippen molar-refractivity contribution in [3.63, 3.8) is 0 Å². The standard InChI is InChI=1S/C18H20O3/c1-12-8-9-14(10-13(12)2)16(18(19)20)11-15-6-4-5-7-17(15)21-3/h4-10,16H,11H2,1-3H3,(H,19,20). The van der Waals surface area contributed by atoms with E-state index in [1.165, 1.54) is 5.56 Å². The molecule has 0 heterocycles. The molecule has 0 bridgehead atoms. The van der Waals surface area contributed by atoms with Gasteiger partial charge in [0.25, 0.3) is 0 Å². The highest BCUT2D eigenvalue weighted by molar-refractivity contribution is 5.76. The minimum atomic E-state index is -0.816. The normalized spacial score (nSPS) is 12.0. The van der Waals surface area contributed by atoms with Crippen LogP contribution in [0.3, 0.4) is 0 Å². The molecular formula is C18H20O3. The number of ether oxygens (including phenoxy) is 1. The fourth-order valence-corrected chi connectivity index (χ4v) is 2.42. The van der Waals surface area contributed by atoms with Crippen LogP contribution in [0.1, 0.15) is 28.2 Å². The van der Waals surface area contributed by atoms with Gasteiger partial charge in [-0.05, 0) is 48.6 Å². The Morgan fingerprint density at radius 1 is 1.14 bits per heavy atom. The van der Waals surface area contributed by atoms with Crippen LogP contribution in [0, 0.1) is 13.8 Å². The van der Waals surface area contributed by atoms with E-state index >= 15 is 0 Å². The number of rotatable bonds is 5. The van der Waals surface area contributed by atoms with Gasteiger partial charge in [-0.1, -0.05) is 36.4 Å². The SMILES string of the molecule is COc1ccccc1CC(C(=O)O)c1ccc(C)c(C)c1. The highest BCUT2D eigenvalue weighted by Gasteiger charge is 2.22. The molecule has 0 aromatic heterocycles. The topological polar surface area (TPSA) is 46.5 Å². The van der Waals surface area contributed by atoms with Crippen LogP contribution in [-0.2, 0) is 11.2 Å². The summed E-state index contributed by atoms with van der Waals surface area (Å²) < 4.78 is 5.31. The van der Waals surface area contributed by atoms with Crippen molar-refractivity contribution in [1.29, 1.82) is 0 Å². The van der Waals surface area contributed by atoms with Gasteiger partial charge in [0.15, 0.2) is 0 Å². The largest absolute Gasteiger partial charge is 0.496 e. The van der Waals surface area contributed by atoms with Crippen molar-refractivity contribution >= 4 is 5.97 Å². The Hall–Kier alpha value is -2.29. The van der Waals surface area contributed by atoms with E-state index in [0.29, 0.717) is 6.42 Å². The first-order valence-electron chi connectivity index (χ1n) is 6.94. The highest BCUT2D eigenvalue weighted by atomic mass is 16.5. The van der Waals surface area contributed by atoms with Crippen molar-refractivity contribution in [2.24, 2.45) is 0 Å². The molecule has 110 valence electrons. The van der Waals surface area contributed by atoms with Crippen LogP contribution in [0.4, 0.5) is 0 Å². The molecule has 0 aliphatic heterocycles. The summed E-state index contributed by atoms with van der Waals surface area (Å²) in [6.45, 7) is 4.02. The maximum absolute atomic E-state index is 11.7. The number of aliphatic carboxylic acids is 1. The Morgan fingerprint density at radius 2 is 1.86 bits per heavy atom. The first kappa shape index (κ1) is 15.1. The van der Waals surface area contributed by atoms with Gasteiger partial charge in [-0.3, -0.25) is 4.79 Å². The number of hydrogen-bond donors (Lipinski definition) is 1. The van der Waals surface area contributed by atoms with E-state index in [9.17, 15) is 9.90 Å². The summed E-state index contributed by atoms with van der Waals surface area (Å²) in [5.41, 5.74) is 4.01. The molecule has 0 radical (unpaired) electrons. The van der Waals surface area contributed by atoms with Crippen molar-refractivity contribution < 1.29 is 14.6 Å². The predicted octanol–water partition coefficient (Wildman–Crippen LogP) is 3.72. The van der Waals surface area contributed by atoms with Crippen molar-refractivity contribution in [1.82, 2.24) is 0 Å². The number of carboxylic acid groups (broad SMARTS) is 1. The molecule has 0 saturated carbocycles. The zero-order chi connectivity index (χ0) is 15.4. The molecule has 0 aliphatic rings. The van der Waals surface area contributed by atoms with Crippen molar-refractivity contribution in [3.8, 4) is 5.75 Å². The summed E-state index contributed by atoms with van der Waals surface area (Å²) >= 11 is 0. The summed E-state index contributed by atoms with van der Waals surface area (Å²) in [6.07, 6.45) is 0.418. The van der Waals surface area contributed by atoms with Crippen molar-refractivity contribution in [2.75, 3.05) is 7.11 Å². The third-order valence-electron chi connectivity index (χ3n) is 3.85. The zero-order valence-electron chi connectivity index (χ0n) is 12.6. The third kappa shape index (κ3) is 3.43. The number of carboxylic acids is 1. The number of carbonyl (C=O) groups is 1. The Kier molecular flexibility index (Phi) is 4.63. The lowest BCUT2D eigenvalue weighted by Crippen LogP contribution is -2.15. The van der Waals surface area contributed by atoms with E-state index in [4.69, 9.17) is 4.74 Å². The van der Waals surface area contributed by atoms with E-state index in [0.717, 1.165) is 22.4 Å². The first-order valence-corrected chi connectivity index (χ1v) is 6.94. The molecule has 2 aromatic carbocycles. The van der Waals surface area contributed by atoms with Crippen LogP contribution in [0.25, 0.3) is 0 Å². The number of methoxy groups -OCH3 is 1. The van der Waals surface area contributed by atoms with Gasteiger partial charge in [0.1, 0.15) is 5.75 Å². The van der Waals surface area contributed by atoms with Gasteiger partial charge in [-0.2, -0.15) is 0 Å². The predicted molar refractivity (Wildman–Crippen MR) is 83.0 cm³/mol.